The van der Waals surface area contributed by atoms with Gasteiger partial charge in [0.15, 0.2) is 11.6 Å². The molecule has 1 aliphatic heterocycles. The quantitative estimate of drug-likeness (QED) is 0.535. The summed E-state index contributed by atoms with van der Waals surface area (Å²) >= 11 is 0. The van der Waals surface area contributed by atoms with Gasteiger partial charge in [-0.15, -0.1) is 10.2 Å². The number of benzene rings is 2. The maximum absolute atomic E-state index is 13.0. The highest BCUT2D eigenvalue weighted by atomic mass is 32.2. The minimum Gasteiger partial charge on any atom is -0.352 e. The Morgan fingerprint density at radius 1 is 0.818 bits per heavy atom. The number of aromatic nitrogens is 2. The number of hydrogen-bond donors (Lipinski definition) is 0. The minimum atomic E-state index is -3.61. The summed E-state index contributed by atoms with van der Waals surface area (Å²) in [4.78, 5) is 13.7. The fraction of sp³-hybridized carbons (Fsp3) is 0.320. The Bertz CT molecular complexity index is 1280. The Labute approximate surface area is 195 Å². The van der Waals surface area contributed by atoms with Gasteiger partial charge in [0.05, 0.1) is 10.6 Å². The second-order valence-electron chi connectivity index (χ2n) is 8.50. The van der Waals surface area contributed by atoms with Crippen LogP contribution in [-0.2, 0) is 10.0 Å². The van der Waals surface area contributed by atoms with Crippen molar-refractivity contribution in [2.75, 3.05) is 31.1 Å². The van der Waals surface area contributed by atoms with Gasteiger partial charge < -0.3 is 4.90 Å². The predicted octanol–water partition coefficient (Wildman–Crippen LogP) is 3.78. The number of carbonyl (C=O) groups excluding carboxylic acids is 1. The molecule has 1 aliphatic rings. The molecule has 0 atom stereocenters. The standard InChI is InChI=1S/C25H28N4O3S/c1-17-15-19(3)23(16-18(17)2)24-9-10-25(27-26-24)28-11-13-29(14-12-28)33(31,32)22-7-5-21(6-8-22)20(4)30/h5-10,15-16H,11-14H2,1-4H3. The Morgan fingerprint density at radius 2 is 1.45 bits per heavy atom. The van der Waals surface area contributed by atoms with Gasteiger partial charge in [0.1, 0.15) is 0 Å². The number of Topliss-reactive ketones (excluding diaryl/α,β-unsaturated/α-hetero) is 1. The van der Waals surface area contributed by atoms with Crippen LogP contribution in [0.15, 0.2) is 53.4 Å². The van der Waals surface area contributed by atoms with Crippen LogP contribution in [-0.4, -0.2) is 54.9 Å². The first-order chi connectivity index (χ1) is 15.7. The first kappa shape index (κ1) is 23.1. The fourth-order valence-corrected chi connectivity index (χ4v) is 5.46. The van der Waals surface area contributed by atoms with Crippen LogP contribution in [0.25, 0.3) is 11.3 Å². The van der Waals surface area contributed by atoms with Crippen LogP contribution in [0.4, 0.5) is 5.82 Å². The number of nitrogens with zero attached hydrogens (tertiary/aromatic N) is 4. The molecule has 4 rings (SSSR count). The van der Waals surface area contributed by atoms with Crippen molar-refractivity contribution in [1.82, 2.24) is 14.5 Å². The van der Waals surface area contributed by atoms with Crippen molar-refractivity contribution in [2.45, 2.75) is 32.6 Å². The smallest absolute Gasteiger partial charge is 0.243 e. The van der Waals surface area contributed by atoms with E-state index >= 15 is 0 Å². The highest BCUT2D eigenvalue weighted by Crippen LogP contribution is 2.26. The van der Waals surface area contributed by atoms with Crippen molar-refractivity contribution in [3.05, 3.63) is 70.8 Å². The molecular weight excluding hydrogens is 436 g/mol. The third-order valence-electron chi connectivity index (χ3n) is 6.23. The monoisotopic (exact) mass is 464 g/mol. The van der Waals surface area contributed by atoms with Crippen molar-refractivity contribution >= 4 is 21.6 Å². The molecule has 8 heteroatoms. The zero-order valence-electron chi connectivity index (χ0n) is 19.4. The number of anilines is 1. The van der Waals surface area contributed by atoms with Gasteiger partial charge in [0.2, 0.25) is 10.0 Å². The lowest BCUT2D eigenvalue weighted by Gasteiger charge is -2.34. The van der Waals surface area contributed by atoms with Gasteiger partial charge in [-0.2, -0.15) is 4.31 Å². The summed E-state index contributed by atoms with van der Waals surface area (Å²) in [6.07, 6.45) is 0. The van der Waals surface area contributed by atoms with E-state index in [0.717, 1.165) is 22.6 Å². The van der Waals surface area contributed by atoms with Crippen molar-refractivity contribution < 1.29 is 13.2 Å². The highest BCUT2D eigenvalue weighted by Gasteiger charge is 2.29. The molecular formula is C25H28N4O3S. The van der Waals surface area contributed by atoms with Crippen molar-refractivity contribution in [3.63, 3.8) is 0 Å². The van der Waals surface area contributed by atoms with E-state index in [1.165, 1.54) is 34.5 Å². The maximum Gasteiger partial charge on any atom is 0.243 e. The number of rotatable bonds is 5. The Hall–Kier alpha value is -3.10. The predicted molar refractivity (Wildman–Crippen MR) is 129 cm³/mol. The molecule has 3 aromatic rings. The number of sulfonamides is 1. The molecule has 33 heavy (non-hydrogen) atoms. The molecule has 0 bridgehead atoms. The van der Waals surface area contributed by atoms with E-state index in [4.69, 9.17) is 0 Å². The van der Waals surface area contributed by atoms with Crippen LogP contribution in [0.1, 0.15) is 34.0 Å². The van der Waals surface area contributed by atoms with Crippen LogP contribution in [0.3, 0.4) is 0 Å². The van der Waals surface area contributed by atoms with Crippen LogP contribution in [0, 0.1) is 20.8 Å². The number of ketones is 1. The van der Waals surface area contributed by atoms with Crippen LogP contribution in [0.2, 0.25) is 0 Å². The normalized spacial score (nSPS) is 15.0. The highest BCUT2D eigenvalue weighted by molar-refractivity contribution is 7.89. The molecule has 1 fully saturated rings. The van der Waals surface area contributed by atoms with Crippen molar-refractivity contribution in [2.24, 2.45) is 0 Å². The van der Waals surface area contributed by atoms with Gasteiger partial charge in [0, 0.05) is 37.3 Å². The maximum atomic E-state index is 13.0. The second-order valence-corrected chi connectivity index (χ2v) is 10.4. The molecule has 0 unspecified atom stereocenters. The average molecular weight is 465 g/mol. The summed E-state index contributed by atoms with van der Waals surface area (Å²) in [7, 11) is -3.61. The van der Waals surface area contributed by atoms with Gasteiger partial charge in [-0.3, -0.25) is 4.79 Å². The number of aryl methyl sites for hydroxylation is 3. The molecule has 1 aromatic heterocycles. The van der Waals surface area contributed by atoms with Gasteiger partial charge in [-0.25, -0.2) is 8.42 Å². The van der Waals surface area contributed by atoms with E-state index in [1.807, 2.05) is 12.1 Å². The van der Waals surface area contributed by atoms with Crippen LogP contribution in [0.5, 0.6) is 0 Å². The fourth-order valence-electron chi connectivity index (χ4n) is 4.04. The number of carbonyl (C=O) groups is 1. The van der Waals surface area contributed by atoms with Gasteiger partial charge >= 0.3 is 0 Å². The topological polar surface area (TPSA) is 83.5 Å². The third-order valence-corrected chi connectivity index (χ3v) is 8.14. The molecule has 0 saturated carbocycles. The second kappa shape index (κ2) is 9.03. The molecule has 2 heterocycles. The lowest BCUT2D eigenvalue weighted by atomic mass is 9.99. The zero-order valence-corrected chi connectivity index (χ0v) is 20.2. The van der Waals surface area contributed by atoms with E-state index in [-0.39, 0.29) is 10.7 Å². The van der Waals surface area contributed by atoms with Gasteiger partial charge in [-0.05, 0) is 74.7 Å². The van der Waals surface area contributed by atoms with Crippen LogP contribution >= 0.6 is 0 Å². The first-order valence-corrected chi connectivity index (χ1v) is 12.4. The van der Waals surface area contributed by atoms with E-state index in [9.17, 15) is 13.2 Å². The minimum absolute atomic E-state index is 0.0904. The largest absolute Gasteiger partial charge is 0.352 e. The Balaban J connectivity index is 1.44. The summed E-state index contributed by atoms with van der Waals surface area (Å²) in [5.74, 6) is 0.649. The van der Waals surface area contributed by atoms with Gasteiger partial charge in [-0.1, -0.05) is 18.2 Å². The summed E-state index contributed by atoms with van der Waals surface area (Å²) in [6.45, 7) is 9.49. The van der Waals surface area contributed by atoms with Gasteiger partial charge in [0.25, 0.3) is 0 Å². The Morgan fingerprint density at radius 3 is 2.03 bits per heavy atom. The first-order valence-electron chi connectivity index (χ1n) is 10.9. The molecule has 0 radical (unpaired) electrons. The summed E-state index contributed by atoms with van der Waals surface area (Å²) in [5.41, 5.74) is 6.03. The van der Waals surface area contributed by atoms with E-state index in [0.29, 0.717) is 31.7 Å². The van der Waals surface area contributed by atoms with E-state index in [2.05, 4.69) is 48.0 Å². The number of piperazine rings is 1. The van der Waals surface area contributed by atoms with E-state index < -0.39 is 10.0 Å². The zero-order chi connectivity index (χ0) is 23.8. The molecule has 0 aliphatic carbocycles. The molecule has 0 amide bonds. The summed E-state index contributed by atoms with van der Waals surface area (Å²) in [5, 5.41) is 8.86. The lowest BCUT2D eigenvalue weighted by Crippen LogP contribution is -2.49. The molecule has 172 valence electrons. The van der Waals surface area contributed by atoms with E-state index in [1.54, 1.807) is 12.1 Å². The molecule has 7 nitrogen and oxygen atoms in total. The SMILES string of the molecule is CC(=O)c1ccc(S(=O)(=O)N2CCN(c3ccc(-c4cc(C)c(C)cc4C)nn3)CC2)cc1. The lowest BCUT2D eigenvalue weighted by molar-refractivity contribution is 0.101. The third kappa shape index (κ3) is 4.67. The molecule has 2 aromatic carbocycles. The number of hydrogen-bond acceptors (Lipinski definition) is 6. The Kier molecular flexibility index (Phi) is 6.32. The summed E-state index contributed by atoms with van der Waals surface area (Å²) < 4.78 is 27.5. The van der Waals surface area contributed by atoms with Crippen molar-refractivity contribution in [1.29, 1.82) is 0 Å². The average Bonchev–Trinajstić information content (AvgIpc) is 2.82. The molecule has 0 N–H and O–H groups in total. The molecule has 0 spiro atoms. The van der Waals surface area contributed by atoms with Crippen molar-refractivity contribution in [3.8, 4) is 11.3 Å². The van der Waals surface area contributed by atoms with Crippen LogP contribution < -0.4 is 4.90 Å². The summed E-state index contributed by atoms with van der Waals surface area (Å²) in [6, 6.07) is 14.3. The molecule has 1 saturated heterocycles.